The van der Waals surface area contributed by atoms with Gasteiger partial charge in [-0.05, 0) is 12.8 Å². The van der Waals surface area contributed by atoms with Gasteiger partial charge in [0.15, 0.2) is 0 Å². The molecular weight excluding hydrogens is 186 g/mol. The summed E-state index contributed by atoms with van der Waals surface area (Å²) in [7, 11) is 0. The Morgan fingerprint density at radius 3 is 2.79 bits per heavy atom. The van der Waals surface area contributed by atoms with E-state index < -0.39 is 5.97 Å². The molecule has 1 atom stereocenters. The highest BCUT2D eigenvalue weighted by atomic mass is 16.5. The largest absolute Gasteiger partial charge is 0.481 e. The maximum absolute atomic E-state index is 11.2. The lowest BCUT2D eigenvalue weighted by atomic mass is 10.1. The minimum Gasteiger partial charge on any atom is -0.481 e. The molecule has 80 valence electrons. The fourth-order valence-corrected chi connectivity index (χ4v) is 1.37. The monoisotopic (exact) mass is 201 g/mol. The molecular formula is C9H15NO4. The van der Waals surface area contributed by atoms with Crippen LogP contribution in [0.2, 0.25) is 0 Å². The number of aliphatic carboxylic acids is 1. The summed E-state index contributed by atoms with van der Waals surface area (Å²) in [6.45, 7) is 1.29. The maximum atomic E-state index is 11.2. The second-order valence-corrected chi connectivity index (χ2v) is 3.38. The van der Waals surface area contributed by atoms with Crippen LogP contribution in [0.3, 0.4) is 0 Å². The summed E-state index contributed by atoms with van der Waals surface area (Å²) in [5.74, 6) is -1.15. The fourth-order valence-electron chi connectivity index (χ4n) is 1.37. The Hall–Kier alpha value is -1.10. The zero-order valence-corrected chi connectivity index (χ0v) is 7.99. The summed E-state index contributed by atoms with van der Waals surface area (Å²) in [5.41, 5.74) is 0. The summed E-state index contributed by atoms with van der Waals surface area (Å²) in [6.07, 6.45) is 1.80. The van der Waals surface area contributed by atoms with Crippen LogP contribution in [-0.2, 0) is 14.3 Å². The molecule has 0 spiro atoms. The predicted molar refractivity (Wildman–Crippen MR) is 48.9 cm³/mol. The molecule has 0 aromatic heterocycles. The van der Waals surface area contributed by atoms with Gasteiger partial charge in [0.2, 0.25) is 5.91 Å². The van der Waals surface area contributed by atoms with Crippen molar-refractivity contribution in [2.45, 2.75) is 31.7 Å². The number of ether oxygens (including phenoxy) is 1. The molecule has 0 radical (unpaired) electrons. The van der Waals surface area contributed by atoms with Gasteiger partial charge >= 0.3 is 5.97 Å². The number of nitrogens with one attached hydrogen (secondary N) is 1. The molecule has 1 unspecified atom stereocenters. The quantitative estimate of drug-likeness (QED) is 0.678. The molecule has 14 heavy (non-hydrogen) atoms. The minimum atomic E-state index is -0.944. The number of hydrogen-bond donors (Lipinski definition) is 2. The molecule has 5 nitrogen and oxygen atoms in total. The van der Waals surface area contributed by atoms with Gasteiger partial charge in [0.05, 0.1) is 19.1 Å². The lowest BCUT2D eigenvalue weighted by Crippen LogP contribution is -2.40. The molecule has 0 aliphatic carbocycles. The fraction of sp³-hybridized carbons (Fsp3) is 0.778. The number of carboxylic acid groups (broad SMARTS) is 1. The topological polar surface area (TPSA) is 75.6 Å². The van der Waals surface area contributed by atoms with Crippen LogP contribution in [0.25, 0.3) is 0 Å². The molecule has 5 heteroatoms. The summed E-state index contributed by atoms with van der Waals surface area (Å²) in [5, 5.41) is 11.1. The first kappa shape index (κ1) is 11.0. The third kappa shape index (κ3) is 4.23. The van der Waals surface area contributed by atoms with E-state index in [1.165, 1.54) is 0 Å². The van der Waals surface area contributed by atoms with E-state index in [1.807, 2.05) is 0 Å². The summed E-state index contributed by atoms with van der Waals surface area (Å²) in [4.78, 5) is 21.4. The molecule has 1 amide bonds. The molecule has 2 N–H and O–H groups in total. The van der Waals surface area contributed by atoms with Gasteiger partial charge in [0, 0.05) is 13.0 Å². The zero-order chi connectivity index (χ0) is 10.4. The molecule has 1 heterocycles. The highest BCUT2D eigenvalue weighted by Gasteiger charge is 2.16. The van der Waals surface area contributed by atoms with E-state index in [-0.39, 0.29) is 24.8 Å². The molecule has 1 aliphatic rings. The lowest BCUT2D eigenvalue weighted by molar-refractivity contribution is -0.139. The third-order valence-electron chi connectivity index (χ3n) is 2.09. The van der Waals surface area contributed by atoms with Crippen molar-refractivity contribution in [2.24, 2.45) is 0 Å². The number of carbonyl (C=O) groups is 2. The smallest absolute Gasteiger partial charge is 0.303 e. The van der Waals surface area contributed by atoms with Crippen molar-refractivity contribution in [1.82, 2.24) is 5.32 Å². The maximum Gasteiger partial charge on any atom is 0.303 e. The van der Waals surface area contributed by atoms with Crippen LogP contribution in [0.5, 0.6) is 0 Å². The van der Waals surface area contributed by atoms with E-state index in [2.05, 4.69) is 5.32 Å². The Labute approximate surface area is 82.4 Å². The molecule has 1 rings (SSSR count). The molecule has 1 fully saturated rings. The van der Waals surface area contributed by atoms with Crippen LogP contribution in [0, 0.1) is 0 Å². The number of amides is 1. The molecule has 1 aliphatic heterocycles. The van der Waals surface area contributed by atoms with Crippen molar-refractivity contribution < 1.29 is 19.4 Å². The first-order chi connectivity index (χ1) is 6.68. The normalized spacial score (nSPS) is 21.6. The predicted octanol–water partition coefficient (Wildman–Crippen LogP) is 0.146. The van der Waals surface area contributed by atoms with Gasteiger partial charge in [0.25, 0.3) is 0 Å². The molecule has 0 saturated carbocycles. The lowest BCUT2D eigenvalue weighted by Gasteiger charge is -2.22. The zero-order valence-electron chi connectivity index (χ0n) is 7.99. The Balaban J connectivity index is 2.15. The van der Waals surface area contributed by atoms with Gasteiger partial charge in [-0.1, -0.05) is 0 Å². The van der Waals surface area contributed by atoms with Gasteiger partial charge in [-0.25, -0.2) is 0 Å². The van der Waals surface area contributed by atoms with Crippen molar-refractivity contribution in [2.75, 3.05) is 13.2 Å². The van der Waals surface area contributed by atoms with Gasteiger partial charge < -0.3 is 15.2 Å². The van der Waals surface area contributed by atoms with Crippen molar-refractivity contribution in [3.8, 4) is 0 Å². The van der Waals surface area contributed by atoms with Crippen LogP contribution in [0.1, 0.15) is 25.7 Å². The molecule has 0 bridgehead atoms. The van der Waals surface area contributed by atoms with Crippen LogP contribution >= 0.6 is 0 Å². The van der Waals surface area contributed by atoms with Crippen LogP contribution in [-0.4, -0.2) is 36.2 Å². The van der Waals surface area contributed by atoms with Crippen LogP contribution in [0.4, 0.5) is 0 Å². The van der Waals surface area contributed by atoms with E-state index in [9.17, 15) is 9.59 Å². The third-order valence-corrected chi connectivity index (χ3v) is 2.09. The molecule has 1 saturated heterocycles. The van der Waals surface area contributed by atoms with Gasteiger partial charge in [-0.2, -0.15) is 0 Å². The van der Waals surface area contributed by atoms with Crippen LogP contribution in [0.15, 0.2) is 0 Å². The van der Waals surface area contributed by atoms with Crippen LogP contribution < -0.4 is 5.32 Å². The second-order valence-electron chi connectivity index (χ2n) is 3.38. The standard InChI is InChI=1S/C9H15NO4/c11-8(3-4-9(12)13)10-7-2-1-5-14-6-7/h7H,1-6H2,(H,10,11)(H,12,13). The Morgan fingerprint density at radius 1 is 1.43 bits per heavy atom. The Bertz CT molecular complexity index is 211. The number of carbonyl (C=O) groups excluding carboxylic acids is 1. The van der Waals surface area contributed by atoms with E-state index >= 15 is 0 Å². The summed E-state index contributed by atoms with van der Waals surface area (Å²) >= 11 is 0. The van der Waals surface area contributed by atoms with Gasteiger partial charge in [-0.3, -0.25) is 9.59 Å². The first-order valence-electron chi connectivity index (χ1n) is 4.77. The van der Waals surface area contributed by atoms with Crippen molar-refractivity contribution >= 4 is 11.9 Å². The van der Waals surface area contributed by atoms with E-state index in [0.29, 0.717) is 6.61 Å². The average Bonchev–Trinajstić information content (AvgIpc) is 2.16. The summed E-state index contributed by atoms with van der Waals surface area (Å²) < 4.78 is 5.18. The van der Waals surface area contributed by atoms with Gasteiger partial charge in [-0.15, -0.1) is 0 Å². The van der Waals surface area contributed by atoms with Crippen molar-refractivity contribution in [3.63, 3.8) is 0 Å². The Kier molecular flexibility index (Phi) is 4.39. The SMILES string of the molecule is O=C(O)CCC(=O)NC1CCCOC1. The number of rotatable bonds is 4. The minimum absolute atomic E-state index is 0.0475. The van der Waals surface area contributed by atoms with E-state index in [0.717, 1.165) is 19.4 Å². The highest BCUT2D eigenvalue weighted by Crippen LogP contribution is 2.06. The number of hydrogen-bond acceptors (Lipinski definition) is 3. The van der Waals surface area contributed by atoms with Crippen molar-refractivity contribution in [1.29, 1.82) is 0 Å². The highest BCUT2D eigenvalue weighted by molar-refractivity contribution is 5.80. The first-order valence-corrected chi connectivity index (χ1v) is 4.77. The molecule has 0 aromatic rings. The number of carboxylic acids is 1. The van der Waals surface area contributed by atoms with E-state index in [1.54, 1.807) is 0 Å². The van der Waals surface area contributed by atoms with Gasteiger partial charge in [0.1, 0.15) is 0 Å². The van der Waals surface area contributed by atoms with Crippen molar-refractivity contribution in [3.05, 3.63) is 0 Å². The molecule has 0 aromatic carbocycles. The van der Waals surface area contributed by atoms with E-state index in [4.69, 9.17) is 9.84 Å². The average molecular weight is 201 g/mol. The summed E-state index contributed by atoms with van der Waals surface area (Å²) in [6, 6.07) is 0.0602. The second kappa shape index (κ2) is 5.59. The Morgan fingerprint density at radius 2 is 2.21 bits per heavy atom.